The minimum atomic E-state index is -0.426. The number of aliphatic hydroxyl groups is 2. The van der Waals surface area contributed by atoms with Crippen LogP contribution in [0, 0.1) is 0 Å². The maximum atomic E-state index is 10.6. The first-order valence-corrected chi connectivity index (χ1v) is 10.3. The zero-order valence-electron chi connectivity index (χ0n) is 15.7. The van der Waals surface area contributed by atoms with Crippen LogP contribution in [0.1, 0.15) is 56.1 Å². The van der Waals surface area contributed by atoms with Crippen LogP contribution in [0.2, 0.25) is 0 Å². The second-order valence-electron chi connectivity index (χ2n) is 8.39. The fraction of sp³-hybridized carbons (Fsp3) is 0.636. The van der Waals surface area contributed by atoms with Gasteiger partial charge >= 0.3 is 0 Å². The Morgan fingerprint density at radius 2 is 2.04 bits per heavy atom. The molecule has 1 aliphatic heterocycles. The highest BCUT2D eigenvalue weighted by atomic mass is 16.3. The molecule has 0 spiro atoms. The molecule has 1 aliphatic carbocycles. The highest BCUT2D eigenvalue weighted by Crippen LogP contribution is 2.34. The van der Waals surface area contributed by atoms with Gasteiger partial charge in [0.25, 0.3) is 0 Å². The summed E-state index contributed by atoms with van der Waals surface area (Å²) in [4.78, 5) is 5.85. The van der Waals surface area contributed by atoms with Crippen LogP contribution in [-0.2, 0) is 12.8 Å². The van der Waals surface area contributed by atoms with E-state index in [1.54, 1.807) is 0 Å². The lowest BCUT2D eigenvalue weighted by molar-refractivity contribution is 0.0391. The van der Waals surface area contributed by atoms with E-state index in [9.17, 15) is 10.2 Å². The van der Waals surface area contributed by atoms with Crippen LogP contribution in [-0.4, -0.2) is 51.4 Å². The van der Waals surface area contributed by atoms with E-state index in [0.717, 1.165) is 45.2 Å². The molecule has 0 amide bonds. The first-order valence-electron chi connectivity index (χ1n) is 10.3. The van der Waals surface area contributed by atoms with Crippen LogP contribution in [0.3, 0.4) is 0 Å². The van der Waals surface area contributed by atoms with Crippen LogP contribution in [0.5, 0.6) is 0 Å². The highest BCUT2D eigenvalue weighted by molar-refractivity contribution is 5.84. The average Bonchev–Trinajstić information content (AvgIpc) is 3.36. The van der Waals surface area contributed by atoms with Crippen molar-refractivity contribution in [3.05, 3.63) is 35.5 Å². The number of nitrogens with zero attached hydrogens (tertiary/aromatic N) is 1. The van der Waals surface area contributed by atoms with Gasteiger partial charge in [0, 0.05) is 29.7 Å². The van der Waals surface area contributed by atoms with E-state index in [-0.39, 0.29) is 6.61 Å². The zero-order chi connectivity index (χ0) is 18.0. The Labute approximate surface area is 156 Å². The molecule has 4 heteroatoms. The van der Waals surface area contributed by atoms with Crippen LogP contribution in [0.4, 0.5) is 0 Å². The number of benzene rings is 1. The quantitative estimate of drug-likeness (QED) is 0.712. The van der Waals surface area contributed by atoms with Crippen molar-refractivity contribution in [3.63, 3.8) is 0 Å². The number of fused-ring (bicyclic) bond motifs is 1. The largest absolute Gasteiger partial charge is 0.395 e. The van der Waals surface area contributed by atoms with Gasteiger partial charge in [-0.25, -0.2) is 0 Å². The van der Waals surface area contributed by atoms with Gasteiger partial charge in [0.2, 0.25) is 0 Å². The summed E-state index contributed by atoms with van der Waals surface area (Å²) in [5.74, 6) is 0. The third-order valence-corrected chi connectivity index (χ3v) is 6.59. The molecule has 4 rings (SSSR count). The van der Waals surface area contributed by atoms with Gasteiger partial charge < -0.3 is 15.2 Å². The van der Waals surface area contributed by atoms with Crippen molar-refractivity contribution in [1.29, 1.82) is 0 Å². The first kappa shape index (κ1) is 18.0. The molecule has 1 atom stereocenters. The minimum absolute atomic E-state index is 0.247. The number of rotatable bonds is 7. The Hall–Kier alpha value is -1.36. The predicted molar refractivity (Wildman–Crippen MR) is 105 cm³/mol. The average molecular weight is 357 g/mol. The van der Waals surface area contributed by atoms with Crippen molar-refractivity contribution in [2.45, 2.75) is 69.4 Å². The minimum Gasteiger partial charge on any atom is -0.395 e. The van der Waals surface area contributed by atoms with Crippen molar-refractivity contribution >= 4 is 10.9 Å². The summed E-state index contributed by atoms with van der Waals surface area (Å²) in [6.07, 6.45) is 11.8. The molecular formula is C22H32N2O2. The van der Waals surface area contributed by atoms with Gasteiger partial charge in [-0.05, 0) is 74.8 Å². The lowest BCUT2D eigenvalue weighted by Crippen LogP contribution is -2.33. The Morgan fingerprint density at radius 1 is 1.19 bits per heavy atom. The molecule has 26 heavy (non-hydrogen) atoms. The van der Waals surface area contributed by atoms with Crippen LogP contribution in [0.15, 0.2) is 24.4 Å². The van der Waals surface area contributed by atoms with Gasteiger partial charge in [0.1, 0.15) is 0 Å². The van der Waals surface area contributed by atoms with Crippen molar-refractivity contribution in [1.82, 2.24) is 9.88 Å². The first-order chi connectivity index (χ1) is 12.7. The van der Waals surface area contributed by atoms with E-state index < -0.39 is 5.60 Å². The number of hydrogen-bond donors (Lipinski definition) is 3. The summed E-state index contributed by atoms with van der Waals surface area (Å²) in [5.41, 5.74) is 3.49. The lowest BCUT2D eigenvalue weighted by atomic mass is 9.92. The Morgan fingerprint density at radius 3 is 2.85 bits per heavy atom. The molecule has 2 aromatic rings. The zero-order valence-corrected chi connectivity index (χ0v) is 15.7. The molecule has 2 aliphatic rings. The summed E-state index contributed by atoms with van der Waals surface area (Å²) < 4.78 is 0. The van der Waals surface area contributed by atoms with Crippen molar-refractivity contribution in [3.8, 4) is 0 Å². The molecule has 1 aromatic carbocycles. The predicted octanol–water partition coefficient (Wildman–Crippen LogP) is 3.40. The SMILES string of the molecule is OCCN1CCC[C@@H]1Cc1c[nH]c2ccc(CCC3(O)CCCC3)cc12. The number of aromatic amines is 1. The van der Waals surface area contributed by atoms with Gasteiger partial charge in [-0.1, -0.05) is 18.9 Å². The van der Waals surface area contributed by atoms with Crippen LogP contribution >= 0.6 is 0 Å². The summed E-state index contributed by atoms with van der Waals surface area (Å²) in [6.45, 7) is 2.14. The smallest absolute Gasteiger partial charge is 0.0651 e. The molecule has 3 N–H and O–H groups in total. The van der Waals surface area contributed by atoms with Gasteiger partial charge in [-0.15, -0.1) is 0 Å². The topological polar surface area (TPSA) is 59.5 Å². The number of aromatic nitrogens is 1. The summed E-state index contributed by atoms with van der Waals surface area (Å²) >= 11 is 0. The van der Waals surface area contributed by atoms with Crippen molar-refractivity contribution in [2.24, 2.45) is 0 Å². The third-order valence-electron chi connectivity index (χ3n) is 6.59. The monoisotopic (exact) mass is 356 g/mol. The molecule has 0 radical (unpaired) electrons. The molecule has 2 fully saturated rings. The van der Waals surface area contributed by atoms with E-state index in [4.69, 9.17) is 0 Å². The fourth-order valence-electron chi connectivity index (χ4n) is 5.01. The number of nitrogens with one attached hydrogen (secondary N) is 1. The van der Waals surface area contributed by atoms with E-state index in [2.05, 4.69) is 34.3 Å². The van der Waals surface area contributed by atoms with E-state index in [0.29, 0.717) is 6.04 Å². The normalized spacial score (nSPS) is 23.2. The number of likely N-dealkylation sites (tertiary alicyclic amines) is 1. The summed E-state index contributed by atoms with van der Waals surface area (Å²) in [5, 5.41) is 21.2. The number of H-pyrrole nitrogens is 1. The lowest BCUT2D eigenvalue weighted by Gasteiger charge is -2.23. The number of β-amino-alcohol motifs (C(OH)–C–C–N with tert-alkyl or cyclic N) is 1. The molecular weight excluding hydrogens is 324 g/mol. The molecule has 142 valence electrons. The Bertz CT molecular complexity index is 733. The number of hydrogen-bond acceptors (Lipinski definition) is 3. The highest BCUT2D eigenvalue weighted by Gasteiger charge is 2.30. The summed E-state index contributed by atoms with van der Waals surface area (Å²) in [6, 6.07) is 7.26. The van der Waals surface area contributed by atoms with Crippen molar-refractivity contribution < 1.29 is 10.2 Å². The molecule has 0 unspecified atom stereocenters. The van der Waals surface area contributed by atoms with Gasteiger partial charge in [-0.3, -0.25) is 4.90 Å². The number of aryl methyl sites for hydroxylation is 1. The fourth-order valence-corrected chi connectivity index (χ4v) is 5.01. The summed E-state index contributed by atoms with van der Waals surface area (Å²) in [7, 11) is 0. The molecule has 1 saturated heterocycles. The standard InChI is InChI=1S/C22H32N2O2/c25-13-12-24-11-3-4-19(24)15-18-16-23-21-6-5-17(14-20(18)21)7-10-22(26)8-1-2-9-22/h5-6,14,16,19,23,25-26H,1-4,7-13,15H2/t19-/m1/s1. The molecule has 4 nitrogen and oxygen atoms in total. The maximum Gasteiger partial charge on any atom is 0.0651 e. The third kappa shape index (κ3) is 3.83. The Kier molecular flexibility index (Phi) is 5.35. The molecule has 1 aromatic heterocycles. The molecule has 1 saturated carbocycles. The van der Waals surface area contributed by atoms with Gasteiger partial charge in [0.15, 0.2) is 0 Å². The van der Waals surface area contributed by atoms with Crippen molar-refractivity contribution in [2.75, 3.05) is 19.7 Å². The molecule has 0 bridgehead atoms. The van der Waals surface area contributed by atoms with E-state index >= 15 is 0 Å². The Balaban J connectivity index is 1.47. The maximum absolute atomic E-state index is 10.6. The van der Waals surface area contributed by atoms with Gasteiger partial charge in [-0.2, -0.15) is 0 Å². The van der Waals surface area contributed by atoms with E-state index in [1.807, 2.05) is 0 Å². The number of aliphatic hydroxyl groups excluding tert-OH is 1. The van der Waals surface area contributed by atoms with Crippen LogP contribution < -0.4 is 0 Å². The van der Waals surface area contributed by atoms with E-state index in [1.165, 1.54) is 47.7 Å². The second kappa shape index (κ2) is 7.71. The molecule has 2 heterocycles. The van der Waals surface area contributed by atoms with Crippen LogP contribution in [0.25, 0.3) is 10.9 Å². The van der Waals surface area contributed by atoms with Gasteiger partial charge in [0.05, 0.1) is 12.2 Å². The second-order valence-corrected chi connectivity index (χ2v) is 8.39.